The fourth-order valence-corrected chi connectivity index (χ4v) is 3.71. The summed E-state index contributed by atoms with van der Waals surface area (Å²) in [4.78, 5) is 49.4. The lowest BCUT2D eigenvalue weighted by Crippen LogP contribution is -2.44. The van der Waals surface area contributed by atoms with Gasteiger partial charge in [0.2, 0.25) is 5.91 Å². The molecule has 138 valence electrons. The van der Waals surface area contributed by atoms with Crippen LogP contribution in [0.25, 0.3) is 0 Å². The summed E-state index contributed by atoms with van der Waals surface area (Å²) in [5.74, 6) is -2.59. The highest BCUT2D eigenvalue weighted by Gasteiger charge is 2.35. The van der Waals surface area contributed by atoms with Crippen molar-refractivity contribution in [3.05, 3.63) is 35.4 Å². The third kappa shape index (κ3) is 3.61. The second-order valence-corrected chi connectivity index (χ2v) is 6.81. The zero-order valence-corrected chi connectivity index (χ0v) is 14.4. The lowest BCUT2D eigenvalue weighted by molar-refractivity contribution is -0.143. The van der Waals surface area contributed by atoms with Gasteiger partial charge in [0.15, 0.2) is 0 Å². The van der Waals surface area contributed by atoms with Gasteiger partial charge < -0.3 is 10.4 Å². The molecule has 1 aromatic carbocycles. The summed E-state index contributed by atoms with van der Waals surface area (Å²) in [6, 6.07) is 6.18. The molecule has 3 amide bonds. The molecule has 2 atom stereocenters. The Kier molecular flexibility index (Phi) is 5.35. The van der Waals surface area contributed by atoms with Crippen molar-refractivity contribution in [2.75, 3.05) is 6.54 Å². The normalized spacial score (nSPS) is 22.7. The molecule has 0 aromatic heterocycles. The van der Waals surface area contributed by atoms with Crippen LogP contribution in [0.2, 0.25) is 0 Å². The van der Waals surface area contributed by atoms with Gasteiger partial charge in [-0.15, -0.1) is 0 Å². The van der Waals surface area contributed by atoms with Gasteiger partial charge in [0.25, 0.3) is 11.8 Å². The summed E-state index contributed by atoms with van der Waals surface area (Å²) in [5.41, 5.74) is 0.709. The van der Waals surface area contributed by atoms with Crippen molar-refractivity contribution < 1.29 is 24.3 Å². The maximum absolute atomic E-state index is 12.3. The van der Waals surface area contributed by atoms with Gasteiger partial charge in [-0.05, 0) is 25.0 Å². The number of carboxylic acid groups (broad SMARTS) is 1. The molecule has 7 heteroatoms. The van der Waals surface area contributed by atoms with E-state index in [1.165, 1.54) is 0 Å². The Bertz CT molecular complexity index is 710. The maximum Gasteiger partial charge on any atom is 0.308 e. The molecule has 7 nitrogen and oxygen atoms in total. The Labute approximate surface area is 151 Å². The van der Waals surface area contributed by atoms with Crippen LogP contribution in [0.5, 0.6) is 0 Å². The average Bonchev–Trinajstić information content (AvgIpc) is 2.78. The van der Waals surface area contributed by atoms with Crippen LogP contribution in [0.1, 0.15) is 59.2 Å². The van der Waals surface area contributed by atoms with Crippen LogP contribution in [0.4, 0.5) is 0 Å². The first-order valence-electron chi connectivity index (χ1n) is 8.96. The summed E-state index contributed by atoms with van der Waals surface area (Å²) in [7, 11) is 0. The van der Waals surface area contributed by atoms with Crippen LogP contribution < -0.4 is 5.32 Å². The predicted octanol–water partition coefficient (Wildman–Crippen LogP) is 1.82. The first-order chi connectivity index (χ1) is 12.5. The number of rotatable bonds is 5. The Balaban J connectivity index is 1.58. The number of carboxylic acids is 1. The van der Waals surface area contributed by atoms with Gasteiger partial charge in [-0.2, -0.15) is 0 Å². The molecule has 1 fully saturated rings. The number of imide groups is 1. The fraction of sp³-hybridized carbons (Fsp3) is 0.474. The topological polar surface area (TPSA) is 104 Å². The van der Waals surface area contributed by atoms with Crippen molar-refractivity contribution >= 4 is 23.7 Å². The van der Waals surface area contributed by atoms with Crippen molar-refractivity contribution in [2.45, 2.75) is 44.6 Å². The van der Waals surface area contributed by atoms with E-state index in [9.17, 15) is 24.3 Å². The van der Waals surface area contributed by atoms with Crippen molar-refractivity contribution in [3.63, 3.8) is 0 Å². The van der Waals surface area contributed by atoms with E-state index in [1.54, 1.807) is 24.3 Å². The number of benzene rings is 1. The highest BCUT2D eigenvalue weighted by Crippen LogP contribution is 2.25. The first-order valence-corrected chi connectivity index (χ1v) is 8.96. The average molecular weight is 358 g/mol. The van der Waals surface area contributed by atoms with Gasteiger partial charge >= 0.3 is 5.97 Å². The van der Waals surface area contributed by atoms with E-state index in [1.807, 2.05) is 0 Å². The smallest absolute Gasteiger partial charge is 0.308 e. The van der Waals surface area contributed by atoms with E-state index in [0.717, 1.165) is 24.2 Å². The molecule has 26 heavy (non-hydrogen) atoms. The van der Waals surface area contributed by atoms with Gasteiger partial charge in [0.1, 0.15) is 0 Å². The Morgan fingerprint density at radius 2 is 1.65 bits per heavy atom. The number of hydrogen-bond acceptors (Lipinski definition) is 4. The third-order valence-electron chi connectivity index (χ3n) is 5.12. The van der Waals surface area contributed by atoms with Gasteiger partial charge in [-0.1, -0.05) is 31.4 Å². The Morgan fingerprint density at radius 3 is 2.27 bits per heavy atom. The van der Waals surface area contributed by atoms with E-state index in [0.29, 0.717) is 24.0 Å². The number of fused-ring (bicyclic) bond motifs is 1. The van der Waals surface area contributed by atoms with Crippen LogP contribution in [0.3, 0.4) is 0 Å². The van der Waals surface area contributed by atoms with Crippen LogP contribution in [0.15, 0.2) is 24.3 Å². The summed E-state index contributed by atoms with van der Waals surface area (Å²) < 4.78 is 0. The van der Waals surface area contributed by atoms with E-state index in [2.05, 4.69) is 5.32 Å². The number of hydrogen-bond donors (Lipinski definition) is 2. The van der Waals surface area contributed by atoms with E-state index in [4.69, 9.17) is 0 Å². The molecule has 2 aliphatic rings. The number of amides is 3. The van der Waals surface area contributed by atoms with Gasteiger partial charge in [0.05, 0.1) is 17.0 Å². The standard InChI is InChI=1S/C19H22N2O5/c22-16(20-15-9-3-1-2-8-14(15)19(25)26)10-11-21-17(23)12-6-4-5-7-13(12)18(21)24/h4-7,14-15H,1-3,8-11H2,(H,20,22)(H,25,26)/t14-,15+/m1/s1. The van der Waals surface area contributed by atoms with Gasteiger partial charge in [0, 0.05) is 19.0 Å². The molecule has 0 bridgehead atoms. The van der Waals surface area contributed by atoms with Crippen molar-refractivity contribution in [2.24, 2.45) is 5.92 Å². The van der Waals surface area contributed by atoms with E-state index >= 15 is 0 Å². The minimum absolute atomic E-state index is 0.0113. The molecule has 0 unspecified atom stereocenters. The monoisotopic (exact) mass is 358 g/mol. The fourth-order valence-electron chi connectivity index (χ4n) is 3.71. The molecule has 0 spiro atoms. The number of carbonyl (C=O) groups is 4. The molecule has 1 aliphatic carbocycles. The molecule has 0 saturated heterocycles. The molecule has 0 radical (unpaired) electrons. The van der Waals surface area contributed by atoms with Crippen molar-refractivity contribution in [1.82, 2.24) is 10.2 Å². The Morgan fingerprint density at radius 1 is 1.04 bits per heavy atom. The second kappa shape index (κ2) is 7.68. The van der Waals surface area contributed by atoms with Crippen molar-refractivity contribution in [3.8, 4) is 0 Å². The molecule has 1 saturated carbocycles. The predicted molar refractivity (Wildman–Crippen MR) is 92.6 cm³/mol. The summed E-state index contributed by atoms with van der Waals surface area (Å²) >= 11 is 0. The quantitative estimate of drug-likeness (QED) is 0.617. The van der Waals surface area contributed by atoms with Gasteiger partial charge in [-0.3, -0.25) is 24.1 Å². The molecule has 3 rings (SSSR count). The number of aliphatic carboxylic acids is 1. The number of carbonyl (C=O) groups excluding carboxylic acids is 3. The van der Waals surface area contributed by atoms with Crippen molar-refractivity contribution in [1.29, 1.82) is 0 Å². The van der Waals surface area contributed by atoms with Crippen LogP contribution in [-0.2, 0) is 9.59 Å². The highest BCUT2D eigenvalue weighted by molar-refractivity contribution is 6.21. The number of nitrogens with zero attached hydrogens (tertiary/aromatic N) is 1. The summed E-state index contributed by atoms with van der Waals surface area (Å²) in [6.07, 6.45) is 3.85. The largest absolute Gasteiger partial charge is 0.481 e. The zero-order valence-electron chi connectivity index (χ0n) is 14.4. The minimum atomic E-state index is -0.891. The first kappa shape index (κ1) is 18.1. The molecule has 1 aliphatic heterocycles. The van der Waals surface area contributed by atoms with E-state index < -0.39 is 29.7 Å². The van der Waals surface area contributed by atoms with Crippen LogP contribution in [0, 0.1) is 5.92 Å². The maximum atomic E-state index is 12.3. The lowest BCUT2D eigenvalue weighted by atomic mass is 9.95. The summed E-state index contributed by atoms with van der Waals surface area (Å²) in [6.45, 7) is -0.0113. The zero-order chi connectivity index (χ0) is 18.7. The highest BCUT2D eigenvalue weighted by atomic mass is 16.4. The van der Waals surface area contributed by atoms with E-state index in [-0.39, 0.29) is 18.9 Å². The number of nitrogens with one attached hydrogen (secondary N) is 1. The Hall–Kier alpha value is -2.70. The van der Waals surface area contributed by atoms with Crippen LogP contribution in [-0.4, -0.2) is 46.3 Å². The minimum Gasteiger partial charge on any atom is -0.481 e. The van der Waals surface area contributed by atoms with Gasteiger partial charge in [-0.25, -0.2) is 0 Å². The summed E-state index contributed by atoms with van der Waals surface area (Å²) in [5, 5.41) is 12.2. The third-order valence-corrected chi connectivity index (χ3v) is 5.12. The molecule has 1 aromatic rings. The molecular weight excluding hydrogens is 336 g/mol. The lowest BCUT2D eigenvalue weighted by Gasteiger charge is -2.23. The molecular formula is C19H22N2O5. The second-order valence-electron chi connectivity index (χ2n) is 6.81. The SMILES string of the molecule is O=C(CCN1C(=O)c2ccccc2C1=O)N[C@H]1CCCCC[C@H]1C(=O)O. The van der Waals surface area contributed by atoms with Crippen LogP contribution >= 0.6 is 0 Å². The molecule has 1 heterocycles. The molecule has 2 N–H and O–H groups in total.